The summed E-state index contributed by atoms with van der Waals surface area (Å²) >= 11 is 0. The Kier molecular flexibility index (Phi) is 6.45. The molecule has 2 heterocycles. The van der Waals surface area contributed by atoms with E-state index >= 15 is 0 Å². The van der Waals surface area contributed by atoms with Crippen molar-refractivity contribution in [1.29, 1.82) is 0 Å². The van der Waals surface area contributed by atoms with Crippen molar-refractivity contribution in [2.45, 2.75) is 95.8 Å². The van der Waals surface area contributed by atoms with Gasteiger partial charge in [-0.3, -0.25) is 4.79 Å². The van der Waals surface area contributed by atoms with Crippen LogP contribution < -0.4 is 5.32 Å². The van der Waals surface area contributed by atoms with Crippen LogP contribution >= 0.6 is 0 Å². The zero-order chi connectivity index (χ0) is 19.4. The van der Waals surface area contributed by atoms with Gasteiger partial charge in [0.05, 0.1) is 0 Å². The van der Waals surface area contributed by atoms with Crippen LogP contribution in [0.1, 0.15) is 107 Å². The van der Waals surface area contributed by atoms with E-state index in [-0.39, 0.29) is 0 Å². The van der Waals surface area contributed by atoms with Crippen molar-refractivity contribution in [2.24, 2.45) is 11.3 Å². The summed E-state index contributed by atoms with van der Waals surface area (Å²) in [5.74, 6) is 3.35. The lowest BCUT2D eigenvalue weighted by Gasteiger charge is -2.46. The molecule has 1 spiro atoms. The Bertz CT molecular complexity index is 632. The molecule has 0 radical (unpaired) electrons. The fourth-order valence-electron chi connectivity index (χ4n) is 5.28. The summed E-state index contributed by atoms with van der Waals surface area (Å²) < 4.78 is 0. The Morgan fingerprint density at radius 3 is 2.11 bits per heavy atom. The number of hydrogen-bond acceptors (Lipinski definition) is 4. The van der Waals surface area contributed by atoms with Crippen LogP contribution in [-0.2, 0) is 4.79 Å². The van der Waals surface area contributed by atoms with Crippen LogP contribution in [0.5, 0.6) is 0 Å². The molecule has 0 atom stereocenters. The van der Waals surface area contributed by atoms with Gasteiger partial charge in [-0.1, -0.05) is 13.3 Å². The summed E-state index contributed by atoms with van der Waals surface area (Å²) in [5, 5.41) is 3.38. The van der Waals surface area contributed by atoms with Gasteiger partial charge in [-0.25, -0.2) is 9.97 Å². The summed E-state index contributed by atoms with van der Waals surface area (Å²) in [6.45, 7) is 4.26. The molecule has 3 saturated carbocycles. The molecule has 3 aliphatic carbocycles. The van der Waals surface area contributed by atoms with E-state index in [2.05, 4.69) is 27.7 Å². The zero-order valence-corrected chi connectivity index (χ0v) is 17.6. The molecule has 4 aliphatic rings. The molecule has 1 saturated heterocycles. The average molecular weight is 384 g/mol. The van der Waals surface area contributed by atoms with Crippen molar-refractivity contribution < 1.29 is 4.79 Å². The predicted molar refractivity (Wildman–Crippen MR) is 112 cm³/mol. The molecule has 28 heavy (non-hydrogen) atoms. The molecule has 0 bridgehead atoms. The molecule has 1 N–H and O–H groups in total. The Morgan fingerprint density at radius 2 is 1.61 bits per heavy atom. The first-order valence-electron chi connectivity index (χ1n) is 11.7. The summed E-state index contributed by atoms with van der Waals surface area (Å²) in [5.41, 5.74) is 2.05. The van der Waals surface area contributed by atoms with E-state index in [1.807, 2.05) is 6.92 Å². The Balaban J connectivity index is 0.000000139. The highest BCUT2D eigenvalue weighted by atomic mass is 16.1. The highest BCUT2D eigenvalue weighted by molar-refractivity contribution is 5.80. The second-order valence-corrected chi connectivity index (χ2v) is 9.62. The van der Waals surface area contributed by atoms with Crippen LogP contribution in [-0.4, -0.2) is 28.8 Å². The van der Waals surface area contributed by atoms with Crippen molar-refractivity contribution in [1.82, 2.24) is 15.3 Å². The standard InChI is InChI=1S/C12H17N3.C12H20O/c1-2-10(1)12-14-7-11(8-15-12)9-3-5-13-6-4-9;1-2-11(13)10-4-8-12(9-5-10)6-3-7-12/h7-10,13H,1-6H2;10H,2-9H2,1H3. The van der Waals surface area contributed by atoms with Crippen molar-refractivity contribution in [3.8, 4) is 0 Å². The van der Waals surface area contributed by atoms with Crippen LogP contribution in [0, 0.1) is 11.3 Å². The van der Waals surface area contributed by atoms with Gasteiger partial charge in [0.15, 0.2) is 0 Å². The van der Waals surface area contributed by atoms with Crippen molar-refractivity contribution in [3.63, 3.8) is 0 Å². The molecule has 0 unspecified atom stereocenters. The third kappa shape index (κ3) is 4.82. The summed E-state index contributed by atoms with van der Waals surface area (Å²) in [6.07, 6.45) is 19.3. The van der Waals surface area contributed by atoms with Crippen molar-refractivity contribution in [2.75, 3.05) is 13.1 Å². The highest BCUT2D eigenvalue weighted by Gasteiger charge is 2.40. The molecule has 4 fully saturated rings. The first-order valence-corrected chi connectivity index (χ1v) is 11.7. The molecule has 4 nitrogen and oxygen atoms in total. The smallest absolute Gasteiger partial charge is 0.135 e. The van der Waals surface area contributed by atoms with E-state index in [4.69, 9.17) is 0 Å². The van der Waals surface area contributed by atoms with Gasteiger partial charge >= 0.3 is 0 Å². The highest BCUT2D eigenvalue weighted by Crippen LogP contribution is 2.52. The topological polar surface area (TPSA) is 54.9 Å². The Hall–Kier alpha value is -1.29. The van der Waals surface area contributed by atoms with Gasteiger partial charge < -0.3 is 5.32 Å². The van der Waals surface area contributed by atoms with Gasteiger partial charge in [0.25, 0.3) is 0 Å². The van der Waals surface area contributed by atoms with E-state index in [9.17, 15) is 4.79 Å². The van der Waals surface area contributed by atoms with Gasteiger partial charge in [0.2, 0.25) is 0 Å². The average Bonchev–Trinajstić information content (AvgIpc) is 3.59. The second kappa shape index (κ2) is 9.02. The molecule has 0 amide bonds. The number of Topliss-reactive ketones (excluding diaryl/α,β-unsaturated/α-hetero) is 1. The minimum atomic E-state index is 0.427. The number of carbonyl (C=O) groups is 1. The van der Waals surface area contributed by atoms with Gasteiger partial charge in [0, 0.05) is 30.7 Å². The lowest BCUT2D eigenvalue weighted by atomic mass is 9.59. The number of aromatic nitrogens is 2. The fraction of sp³-hybridized carbons (Fsp3) is 0.792. The van der Waals surface area contributed by atoms with Gasteiger partial charge in [-0.15, -0.1) is 0 Å². The third-order valence-electron chi connectivity index (χ3n) is 7.71. The number of nitrogens with zero attached hydrogens (tertiary/aromatic N) is 2. The van der Waals surface area contributed by atoms with E-state index in [1.165, 1.54) is 76.2 Å². The maximum atomic E-state index is 11.5. The summed E-state index contributed by atoms with van der Waals surface area (Å²) in [4.78, 5) is 20.5. The Morgan fingerprint density at radius 1 is 0.964 bits per heavy atom. The minimum Gasteiger partial charge on any atom is -0.317 e. The number of ketones is 1. The molecule has 0 aromatic carbocycles. The molecule has 1 aliphatic heterocycles. The molecular formula is C24H37N3O. The maximum absolute atomic E-state index is 11.5. The van der Waals surface area contributed by atoms with E-state index in [1.54, 1.807) is 0 Å². The number of rotatable bonds is 4. The molecule has 4 heteroatoms. The zero-order valence-electron chi connectivity index (χ0n) is 17.6. The van der Waals surface area contributed by atoms with E-state index in [0.29, 0.717) is 29.0 Å². The van der Waals surface area contributed by atoms with Crippen LogP contribution in [0.4, 0.5) is 0 Å². The van der Waals surface area contributed by atoms with Crippen LogP contribution in [0.15, 0.2) is 12.4 Å². The molecule has 1 aromatic rings. The number of nitrogens with one attached hydrogen (secondary N) is 1. The summed E-state index contributed by atoms with van der Waals surface area (Å²) in [6, 6.07) is 0. The second-order valence-electron chi connectivity index (χ2n) is 9.62. The van der Waals surface area contributed by atoms with Crippen LogP contribution in [0.3, 0.4) is 0 Å². The van der Waals surface area contributed by atoms with Gasteiger partial charge in [-0.2, -0.15) is 0 Å². The fourth-order valence-corrected chi connectivity index (χ4v) is 5.28. The largest absolute Gasteiger partial charge is 0.317 e. The number of carbonyl (C=O) groups excluding carboxylic acids is 1. The normalized spacial score (nSPS) is 24.9. The van der Waals surface area contributed by atoms with Crippen LogP contribution in [0.2, 0.25) is 0 Å². The Labute approximate surface area is 170 Å². The SMILES string of the molecule is CCC(=O)C1CCC2(CCC2)CC1.c1nc(C2CC2)ncc1C1CCNCC1. The first kappa shape index (κ1) is 20.0. The number of piperidine rings is 1. The molecule has 154 valence electrons. The monoisotopic (exact) mass is 383 g/mol. The van der Waals surface area contributed by atoms with Crippen molar-refractivity contribution >= 4 is 5.78 Å². The minimum absolute atomic E-state index is 0.427. The summed E-state index contributed by atoms with van der Waals surface area (Å²) in [7, 11) is 0. The predicted octanol–water partition coefficient (Wildman–Crippen LogP) is 5.15. The van der Waals surface area contributed by atoms with Gasteiger partial charge in [0.1, 0.15) is 11.6 Å². The number of hydrogen-bond donors (Lipinski definition) is 1. The molecular weight excluding hydrogens is 346 g/mol. The molecule has 1 aromatic heterocycles. The quantitative estimate of drug-likeness (QED) is 0.781. The molecule has 5 rings (SSSR count). The van der Waals surface area contributed by atoms with Crippen molar-refractivity contribution in [3.05, 3.63) is 23.8 Å². The van der Waals surface area contributed by atoms with Crippen LogP contribution in [0.25, 0.3) is 0 Å². The lowest BCUT2D eigenvalue weighted by Crippen LogP contribution is -2.35. The van der Waals surface area contributed by atoms with Gasteiger partial charge in [-0.05, 0) is 94.2 Å². The first-order chi connectivity index (χ1) is 13.7. The van der Waals surface area contributed by atoms with E-state index < -0.39 is 0 Å². The maximum Gasteiger partial charge on any atom is 0.135 e. The van der Waals surface area contributed by atoms with E-state index in [0.717, 1.165) is 25.3 Å². The third-order valence-corrected chi connectivity index (χ3v) is 7.71. The lowest BCUT2D eigenvalue weighted by molar-refractivity contribution is -0.124.